The molecule has 3 aliphatic heterocycles. The van der Waals surface area contributed by atoms with Gasteiger partial charge < -0.3 is 73.4 Å². The van der Waals surface area contributed by atoms with E-state index in [1.54, 1.807) is 91.8 Å². The van der Waals surface area contributed by atoms with Crippen molar-refractivity contribution in [1.29, 1.82) is 0 Å². The summed E-state index contributed by atoms with van der Waals surface area (Å²) in [5, 5.41) is 26.1. The first-order chi connectivity index (χ1) is 58.6. The molecule has 7 atom stereocenters. The number of methoxy groups -OCH3 is 2. The lowest BCUT2D eigenvalue weighted by molar-refractivity contribution is -0.182. The van der Waals surface area contributed by atoms with E-state index in [0.29, 0.717) is 58.0 Å². The van der Waals surface area contributed by atoms with E-state index in [0.717, 1.165) is 118 Å². The largest absolute Gasteiger partial charge is 0.481 e. The van der Waals surface area contributed by atoms with Gasteiger partial charge in [-0.1, -0.05) is 226 Å². The number of allylic oxidation sites excluding steroid dienone is 2. The summed E-state index contributed by atoms with van der Waals surface area (Å²) >= 11 is 5.88. The van der Waals surface area contributed by atoms with Crippen LogP contribution >= 0.6 is 12.2 Å². The van der Waals surface area contributed by atoms with Gasteiger partial charge in [-0.05, 0) is 181 Å². The third kappa shape index (κ3) is 35.1. The summed E-state index contributed by atoms with van der Waals surface area (Å²) in [6.07, 6.45) is 32.4. The standard InChI is InChI=1S/C45H65NO7S.C41H63NO9.C14H17NO3/c1-8-9-10-14-23-30-44(50-32-33-51-44)31-24-15-12-11-13-22-29-37(43(7,49)40(48)52-42(4,5)6)39(47)46-38(34(2)3)45(53-41(46)54,35-25-18-16-19-26-35)36-27-20-17-21-28-36;1-8-10-12-16-19-26-41(49-29-30-50-41)27-20-17-14-13-15-18-21-34(40(6,46)38(45)51-39(3,4)5)36(43)42-35(37(44)47-7)31-32-22-24-33(25-23-32)48-28-11-9-2;1-3-4-9-18-12-7-5-11(6-8-12)10-13(15)14(16)17-2/h16-22,25-29,34,37-38,49H,8-15,23-24,30-33H2,1-7H3;18,21-25,34-35,46H,8,10,12-17,19-20,26-31H2,1-7H3,(H,42,43);5-8,13H,9-10,15H2,1-2H3/b29-22+;21-18+;/t37-,38+,43+;34-,35+,40+;13-/m110/s1. The highest BCUT2D eigenvalue weighted by molar-refractivity contribution is 7.80. The molecule has 4 aromatic rings. The fourth-order valence-corrected chi connectivity index (χ4v) is 15.5. The Balaban J connectivity index is 0.000000364. The van der Waals surface area contributed by atoms with E-state index in [4.69, 9.17) is 65.3 Å². The molecule has 0 aromatic heterocycles. The van der Waals surface area contributed by atoms with E-state index in [-0.39, 0.29) is 24.1 Å². The van der Waals surface area contributed by atoms with Crippen molar-refractivity contribution in [3.8, 4) is 35.2 Å². The number of thiocarbonyl (C=S) groups is 1. The highest BCUT2D eigenvalue weighted by atomic mass is 32.1. The van der Waals surface area contributed by atoms with E-state index >= 15 is 0 Å². The number of amides is 2. The molecular formula is C100H145N3O19S. The number of esters is 4. The van der Waals surface area contributed by atoms with Gasteiger partial charge in [-0.2, -0.15) is 0 Å². The summed E-state index contributed by atoms with van der Waals surface area (Å²) in [5.41, 5.74) is 1.81. The zero-order valence-corrected chi connectivity index (χ0v) is 77.4. The lowest BCUT2D eigenvalue weighted by Gasteiger charge is -2.39. The number of unbranched alkanes of at least 4 members (excludes halogenated alkanes) is 16. The third-order valence-electron chi connectivity index (χ3n) is 21.8. The Kier molecular flexibility index (Phi) is 45.9. The van der Waals surface area contributed by atoms with E-state index in [9.17, 15) is 39.0 Å². The van der Waals surface area contributed by atoms with Crippen molar-refractivity contribution in [2.45, 2.75) is 322 Å². The van der Waals surface area contributed by atoms with Crippen molar-refractivity contribution in [3.05, 3.63) is 156 Å². The predicted molar refractivity (Wildman–Crippen MR) is 485 cm³/mol. The van der Waals surface area contributed by atoms with Crippen molar-refractivity contribution < 1.29 is 91.1 Å². The molecule has 7 rings (SSSR count). The summed E-state index contributed by atoms with van der Waals surface area (Å²) in [6.45, 7) is 28.2. The Morgan fingerprint density at radius 2 is 0.911 bits per heavy atom. The lowest BCUT2D eigenvalue weighted by atomic mass is 9.75. The van der Waals surface area contributed by atoms with Gasteiger partial charge in [-0.15, -0.1) is 11.8 Å². The zero-order chi connectivity index (χ0) is 90.5. The van der Waals surface area contributed by atoms with Crippen LogP contribution in [-0.2, 0) is 89.8 Å². The molecule has 0 saturated carbocycles. The maximum atomic E-state index is 14.9. The quantitative estimate of drug-likeness (QED) is 0.00798. The zero-order valence-electron chi connectivity index (χ0n) is 76.6. The van der Waals surface area contributed by atoms with Crippen LogP contribution in [-0.4, -0.2) is 162 Å². The Morgan fingerprint density at radius 3 is 1.28 bits per heavy atom. The second-order valence-corrected chi connectivity index (χ2v) is 35.0. The van der Waals surface area contributed by atoms with Gasteiger partial charge in [0.25, 0.3) is 5.17 Å². The summed E-state index contributed by atoms with van der Waals surface area (Å²) in [5.74, 6) is 4.81. The van der Waals surface area contributed by atoms with Crippen LogP contribution in [0.25, 0.3) is 0 Å². The molecule has 22 nitrogen and oxygen atoms in total. The van der Waals surface area contributed by atoms with Crippen LogP contribution in [0.3, 0.4) is 0 Å². The molecule has 3 fully saturated rings. The van der Waals surface area contributed by atoms with Gasteiger partial charge in [0.1, 0.15) is 48.0 Å². The van der Waals surface area contributed by atoms with Crippen LogP contribution in [0.5, 0.6) is 11.5 Å². The third-order valence-corrected chi connectivity index (χ3v) is 22.1. The molecule has 123 heavy (non-hydrogen) atoms. The SMILES string of the molecule is CC#CCOc1ccc(C[C@H](N)C(=O)OC)cc1.CC#CCOc1ccc(C[C@H](NC(=O)[C@@H](/C=C/CCCCCCC2(CCCCCCC)OCCO2)[C@](C)(O)C(=O)OC(C)(C)C)C(=O)OC)cc1.CCCCCCCC1(CCCCCC/C=C/[C@H](C(=O)N2C(=S)OC(c3ccccc3)(c3ccccc3)[C@@H]2C(C)C)[C@](C)(O)C(=O)OC(C)(C)C)OCCO1. The fraction of sp³-hybridized carbons (Fsp3) is 0.610. The molecule has 5 N–H and O–H groups in total. The molecule has 680 valence electrons. The molecule has 0 aliphatic carbocycles. The maximum absolute atomic E-state index is 14.9. The second kappa shape index (κ2) is 53.7. The van der Waals surface area contributed by atoms with Crippen LogP contribution in [0.15, 0.2) is 133 Å². The summed E-state index contributed by atoms with van der Waals surface area (Å²) < 4.78 is 62.7. The molecular weight excluding hydrogens is 1580 g/mol. The van der Waals surface area contributed by atoms with Crippen molar-refractivity contribution in [2.75, 3.05) is 53.9 Å². The Bertz CT molecular complexity index is 3960. The van der Waals surface area contributed by atoms with Gasteiger partial charge in [-0.3, -0.25) is 19.3 Å². The fourth-order valence-electron chi connectivity index (χ4n) is 15.2. The first kappa shape index (κ1) is 105. The minimum atomic E-state index is -2.21. The number of ether oxygens (including phenoxy) is 11. The van der Waals surface area contributed by atoms with E-state index < -0.39 is 105 Å². The van der Waals surface area contributed by atoms with Gasteiger partial charge in [-0.25, -0.2) is 14.4 Å². The molecule has 4 aromatic carbocycles. The number of aliphatic hydroxyl groups is 2. The highest BCUT2D eigenvalue weighted by Gasteiger charge is 2.60. The molecule has 0 spiro atoms. The molecule has 0 unspecified atom stereocenters. The number of rotatable bonds is 48. The van der Waals surface area contributed by atoms with E-state index in [2.05, 4.69) is 47.6 Å². The molecule has 23 heteroatoms. The normalized spacial score (nSPS) is 17.2. The van der Waals surface area contributed by atoms with Gasteiger partial charge in [0.05, 0.1) is 58.5 Å². The van der Waals surface area contributed by atoms with Gasteiger partial charge >= 0.3 is 23.9 Å². The summed E-state index contributed by atoms with van der Waals surface area (Å²) in [7, 11) is 2.57. The lowest BCUT2D eigenvalue weighted by Crippen LogP contribution is -2.56. The number of benzene rings is 4. The topological polar surface area (TPSA) is 286 Å². The molecule has 3 saturated heterocycles. The number of nitrogens with two attached hydrogens (primary N) is 1. The van der Waals surface area contributed by atoms with Crippen molar-refractivity contribution in [1.82, 2.24) is 10.2 Å². The number of hydrogen-bond acceptors (Lipinski definition) is 21. The van der Waals surface area contributed by atoms with Crippen molar-refractivity contribution in [2.24, 2.45) is 23.5 Å². The first-order valence-corrected chi connectivity index (χ1v) is 44.9. The minimum Gasteiger partial charge on any atom is -0.481 e. The molecule has 2 amide bonds. The number of nitrogens with one attached hydrogen (secondary N) is 1. The first-order valence-electron chi connectivity index (χ1n) is 44.5. The number of nitrogens with zero attached hydrogens (tertiary/aromatic N) is 1. The second-order valence-electron chi connectivity index (χ2n) is 34.6. The van der Waals surface area contributed by atoms with Crippen LogP contribution < -0.4 is 20.5 Å². The number of carbonyl (C=O) groups excluding carboxylic acids is 6. The van der Waals surface area contributed by atoms with Crippen LogP contribution in [0.2, 0.25) is 0 Å². The van der Waals surface area contributed by atoms with Crippen LogP contribution in [0, 0.1) is 41.4 Å². The van der Waals surface area contributed by atoms with Crippen molar-refractivity contribution in [3.63, 3.8) is 0 Å². The monoisotopic (exact) mass is 1720 g/mol. The maximum Gasteiger partial charge on any atom is 0.339 e. The van der Waals surface area contributed by atoms with E-state index in [1.807, 2.05) is 105 Å². The predicted octanol–water partition coefficient (Wildman–Crippen LogP) is 17.9. The Morgan fingerprint density at radius 1 is 0.537 bits per heavy atom. The Hall–Kier alpha value is -8.49. The van der Waals surface area contributed by atoms with Crippen molar-refractivity contribution >= 4 is 53.1 Å². The van der Waals surface area contributed by atoms with E-state index in [1.165, 1.54) is 90.4 Å². The van der Waals surface area contributed by atoms with Crippen LogP contribution in [0.1, 0.15) is 273 Å². The molecule has 0 bridgehead atoms. The van der Waals surface area contributed by atoms with Gasteiger partial charge in [0, 0.05) is 43.2 Å². The van der Waals surface area contributed by atoms with Crippen LogP contribution in [0.4, 0.5) is 0 Å². The Labute approximate surface area is 740 Å². The summed E-state index contributed by atoms with van der Waals surface area (Å²) in [6, 6.07) is 31.8. The molecule has 3 heterocycles. The molecule has 0 radical (unpaired) electrons. The van der Waals surface area contributed by atoms with Gasteiger partial charge in [0.2, 0.25) is 11.8 Å². The average Bonchev–Trinajstić information content (AvgIpc) is 1.56. The number of hydrogen-bond donors (Lipinski definition) is 4. The highest BCUT2D eigenvalue weighted by Crippen LogP contribution is 2.49. The summed E-state index contributed by atoms with van der Waals surface area (Å²) in [4.78, 5) is 80.9. The number of carbonyl (C=O) groups is 6. The average molecular weight is 1730 g/mol. The molecule has 3 aliphatic rings. The minimum absolute atomic E-state index is 0.00116. The van der Waals surface area contributed by atoms with Gasteiger partial charge in [0.15, 0.2) is 28.4 Å². The smallest absolute Gasteiger partial charge is 0.339 e.